The number of carbonyl (C=O) groups excluding carboxylic acids is 1. The van der Waals surface area contributed by atoms with Crippen LogP contribution in [0.3, 0.4) is 0 Å². The van der Waals surface area contributed by atoms with Crippen molar-refractivity contribution in [2.24, 2.45) is 0 Å². The predicted molar refractivity (Wildman–Crippen MR) is 84.9 cm³/mol. The molecule has 1 aromatic heterocycles. The molecule has 1 aromatic carbocycles. The lowest BCUT2D eigenvalue weighted by atomic mass is 10.0. The number of rotatable bonds is 7. The van der Waals surface area contributed by atoms with Gasteiger partial charge in [0, 0.05) is 25.3 Å². The Morgan fingerprint density at radius 2 is 2.00 bits per heavy atom. The van der Waals surface area contributed by atoms with Crippen LogP contribution in [0.5, 0.6) is 0 Å². The lowest BCUT2D eigenvalue weighted by Crippen LogP contribution is -2.26. The van der Waals surface area contributed by atoms with Crippen LogP contribution in [-0.2, 0) is 4.74 Å². The second-order valence-corrected chi connectivity index (χ2v) is 5.14. The Morgan fingerprint density at radius 1 is 1.27 bits per heavy atom. The number of hydrogen-bond acceptors (Lipinski definition) is 4. The minimum atomic E-state index is -0.161. The molecule has 0 atom stereocenters. The van der Waals surface area contributed by atoms with Crippen molar-refractivity contribution in [3.8, 4) is 11.3 Å². The minimum Gasteiger partial charge on any atom is -0.382 e. The van der Waals surface area contributed by atoms with Crippen LogP contribution < -0.4 is 5.32 Å². The van der Waals surface area contributed by atoms with E-state index in [1.165, 1.54) is 0 Å². The van der Waals surface area contributed by atoms with Gasteiger partial charge in [0.15, 0.2) is 5.76 Å². The Kier molecular flexibility index (Phi) is 5.72. The SMILES string of the molecule is CCOCCCNC(=O)c1c(C)noc1-c1ccc(C)cc1. The van der Waals surface area contributed by atoms with Crippen LogP contribution in [0.2, 0.25) is 0 Å². The molecule has 2 aromatic rings. The maximum Gasteiger partial charge on any atom is 0.257 e. The first kappa shape index (κ1) is 16.2. The summed E-state index contributed by atoms with van der Waals surface area (Å²) >= 11 is 0. The van der Waals surface area contributed by atoms with Gasteiger partial charge in [0.25, 0.3) is 5.91 Å². The zero-order valence-corrected chi connectivity index (χ0v) is 13.3. The van der Waals surface area contributed by atoms with Gasteiger partial charge in [-0.1, -0.05) is 35.0 Å². The molecule has 0 unspecified atom stereocenters. The first-order valence-corrected chi connectivity index (χ1v) is 7.52. The molecule has 0 aliphatic rings. The predicted octanol–water partition coefficient (Wildman–Crippen LogP) is 3.11. The molecular weight excluding hydrogens is 280 g/mol. The number of carbonyl (C=O) groups is 1. The highest BCUT2D eigenvalue weighted by atomic mass is 16.5. The van der Waals surface area contributed by atoms with Gasteiger partial charge >= 0.3 is 0 Å². The first-order valence-electron chi connectivity index (χ1n) is 7.52. The largest absolute Gasteiger partial charge is 0.382 e. The molecule has 118 valence electrons. The van der Waals surface area contributed by atoms with Crippen molar-refractivity contribution in [3.63, 3.8) is 0 Å². The molecule has 0 aliphatic heterocycles. The van der Waals surface area contributed by atoms with Gasteiger partial charge in [-0.25, -0.2) is 0 Å². The maximum absolute atomic E-state index is 12.4. The Labute approximate surface area is 130 Å². The third kappa shape index (κ3) is 3.95. The van der Waals surface area contributed by atoms with E-state index < -0.39 is 0 Å². The number of amides is 1. The fraction of sp³-hybridized carbons (Fsp3) is 0.412. The number of nitrogens with zero attached hydrogens (tertiary/aromatic N) is 1. The molecule has 0 aliphatic carbocycles. The van der Waals surface area contributed by atoms with Crippen LogP contribution in [0.25, 0.3) is 11.3 Å². The quantitative estimate of drug-likeness (QED) is 0.798. The molecule has 0 fully saturated rings. The van der Waals surface area contributed by atoms with Crippen LogP contribution in [0.1, 0.15) is 35.0 Å². The number of aryl methyl sites for hydroxylation is 2. The summed E-state index contributed by atoms with van der Waals surface area (Å²) in [7, 11) is 0. The summed E-state index contributed by atoms with van der Waals surface area (Å²) in [5.74, 6) is 0.352. The Hall–Kier alpha value is -2.14. The molecule has 0 saturated carbocycles. The van der Waals surface area contributed by atoms with Crippen molar-refractivity contribution in [1.82, 2.24) is 10.5 Å². The third-order valence-electron chi connectivity index (χ3n) is 3.36. The highest BCUT2D eigenvalue weighted by Gasteiger charge is 2.21. The van der Waals surface area contributed by atoms with E-state index in [2.05, 4.69) is 10.5 Å². The third-order valence-corrected chi connectivity index (χ3v) is 3.36. The average Bonchev–Trinajstić information content (AvgIpc) is 2.89. The summed E-state index contributed by atoms with van der Waals surface area (Å²) in [6, 6.07) is 7.83. The van der Waals surface area contributed by atoms with Gasteiger partial charge < -0.3 is 14.6 Å². The molecule has 5 heteroatoms. The van der Waals surface area contributed by atoms with E-state index in [9.17, 15) is 4.79 Å². The molecule has 0 saturated heterocycles. The van der Waals surface area contributed by atoms with Crippen LogP contribution in [-0.4, -0.2) is 30.8 Å². The number of hydrogen-bond donors (Lipinski definition) is 1. The van der Waals surface area contributed by atoms with Gasteiger partial charge in [0.05, 0.1) is 5.69 Å². The fourth-order valence-electron chi connectivity index (χ4n) is 2.15. The Bertz CT molecular complexity index is 617. The molecule has 0 bridgehead atoms. The molecule has 1 heterocycles. The van der Waals surface area contributed by atoms with E-state index in [4.69, 9.17) is 9.26 Å². The number of aromatic nitrogens is 1. The zero-order chi connectivity index (χ0) is 15.9. The summed E-state index contributed by atoms with van der Waals surface area (Å²) in [6.07, 6.45) is 0.782. The molecule has 0 spiro atoms. The number of benzene rings is 1. The van der Waals surface area contributed by atoms with Crippen LogP contribution in [0.15, 0.2) is 28.8 Å². The molecule has 5 nitrogen and oxygen atoms in total. The summed E-state index contributed by atoms with van der Waals surface area (Å²) in [5, 5.41) is 6.82. The van der Waals surface area contributed by atoms with E-state index in [1.54, 1.807) is 6.92 Å². The van der Waals surface area contributed by atoms with E-state index in [0.29, 0.717) is 36.8 Å². The van der Waals surface area contributed by atoms with E-state index >= 15 is 0 Å². The van der Waals surface area contributed by atoms with Crippen LogP contribution in [0.4, 0.5) is 0 Å². The summed E-state index contributed by atoms with van der Waals surface area (Å²) < 4.78 is 10.6. The van der Waals surface area contributed by atoms with E-state index in [-0.39, 0.29) is 5.91 Å². The van der Waals surface area contributed by atoms with Gasteiger partial charge in [-0.15, -0.1) is 0 Å². The fourth-order valence-corrected chi connectivity index (χ4v) is 2.15. The van der Waals surface area contributed by atoms with Crippen molar-refractivity contribution in [2.45, 2.75) is 27.2 Å². The maximum atomic E-state index is 12.4. The molecule has 1 amide bonds. The van der Waals surface area contributed by atoms with Crippen LogP contribution >= 0.6 is 0 Å². The first-order chi connectivity index (χ1) is 10.6. The van der Waals surface area contributed by atoms with Crippen molar-refractivity contribution < 1.29 is 14.1 Å². The van der Waals surface area contributed by atoms with Gasteiger partial charge in [0.2, 0.25) is 0 Å². The average molecular weight is 302 g/mol. The van der Waals surface area contributed by atoms with Gasteiger partial charge in [-0.05, 0) is 27.2 Å². The topological polar surface area (TPSA) is 64.4 Å². The second kappa shape index (κ2) is 7.75. The highest BCUT2D eigenvalue weighted by molar-refractivity contribution is 6.00. The lowest BCUT2D eigenvalue weighted by molar-refractivity contribution is 0.0944. The number of nitrogens with one attached hydrogen (secondary N) is 1. The minimum absolute atomic E-state index is 0.161. The normalized spacial score (nSPS) is 10.7. The zero-order valence-electron chi connectivity index (χ0n) is 13.3. The summed E-state index contributed by atoms with van der Waals surface area (Å²) in [6.45, 7) is 7.64. The highest BCUT2D eigenvalue weighted by Crippen LogP contribution is 2.26. The van der Waals surface area contributed by atoms with Crippen molar-refractivity contribution in [1.29, 1.82) is 0 Å². The van der Waals surface area contributed by atoms with E-state index in [0.717, 1.165) is 17.5 Å². The van der Waals surface area contributed by atoms with Gasteiger partial charge in [0.1, 0.15) is 5.56 Å². The molecule has 1 N–H and O–H groups in total. The molecular formula is C17H22N2O3. The van der Waals surface area contributed by atoms with Crippen molar-refractivity contribution in [2.75, 3.05) is 19.8 Å². The smallest absolute Gasteiger partial charge is 0.257 e. The molecule has 0 radical (unpaired) electrons. The Morgan fingerprint density at radius 3 is 2.68 bits per heavy atom. The standard InChI is InChI=1S/C17H22N2O3/c1-4-21-11-5-10-18-17(20)15-13(3)19-22-16(15)14-8-6-12(2)7-9-14/h6-9H,4-5,10-11H2,1-3H3,(H,18,20). The van der Waals surface area contributed by atoms with Gasteiger partial charge in [-0.3, -0.25) is 4.79 Å². The molecule has 22 heavy (non-hydrogen) atoms. The van der Waals surface area contributed by atoms with Gasteiger partial charge in [-0.2, -0.15) is 0 Å². The monoisotopic (exact) mass is 302 g/mol. The number of ether oxygens (including phenoxy) is 1. The van der Waals surface area contributed by atoms with E-state index in [1.807, 2.05) is 38.1 Å². The summed E-state index contributed by atoms with van der Waals surface area (Å²) in [5.41, 5.74) is 3.10. The Balaban J connectivity index is 2.08. The second-order valence-electron chi connectivity index (χ2n) is 5.14. The lowest BCUT2D eigenvalue weighted by Gasteiger charge is -2.06. The molecule has 2 rings (SSSR count). The van der Waals surface area contributed by atoms with Crippen molar-refractivity contribution in [3.05, 3.63) is 41.1 Å². The van der Waals surface area contributed by atoms with Crippen LogP contribution in [0, 0.1) is 13.8 Å². The van der Waals surface area contributed by atoms with Crippen molar-refractivity contribution >= 4 is 5.91 Å². The summed E-state index contributed by atoms with van der Waals surface area (Å²) in [4.78, 5) is 12.4.